The lowest BCUT2D eigenvalue weighted by Gasteiger charge is -2.19. The quantitative estimate of drug-likeness (QED) is 0.855. The molecule has 0 spiro atoms. The second kappa shape index (κ2) is 4.68. The molecule has 0 amide bonds. The molecule has 0 aromatic carbocycles. The van der Waals surface area contributed by atoms with E-state index in [9.17, 15) is 0 Å². The van der Waals surface area contributed by atoms with Gasteiger partial charge in [0.2, 0.25) is 5.88 Å². The predicted octanol–water partition coefficient (Wildman–Crippen LogP) is 2.53. The maximum Gasteiger partial charge on any atom is 0.219 e. The minimum absolute atomic E-state index is 0.122. The largest absolute Gasteiger partial charge is 0.475 e. The molecule has 1 aromatic heterocycles. The summed E-state index contributed by atoms with van der Waals surface area (Å²) in [6.07, 6.45) is 1.08. The van der Waals surface area contributed by atoms with Gasteiger partial charge in [-0.15, -0.1) is 0 Å². The Bertz CT molecular complexity index is 358. The van der Waals surface area contributed by atoms with Crippen LogP contribution in [0, 0.1) is 0 Å². The predicted molar refractivity (Wildman–Crippen MR) is 65.5 cm³/mol. The van der Waals surface area contributed by atoms with E-state index in [0.29, 0.717) is 17.5 Å². The van der Waals surface area contributed by atoms with Crippen LogP contribution in [0.25, 0.3) is 0 Å². The van der Waals surface area contributed by atoms with Gasteiger partial charge >= 0.3 is 0 Å². The molecule has 4 heteroatoms. The number of nitrogens with two attached hydrogens (primary N) is 1. The van der Waals surface area contributed by atoms with Gasteiger partial charge in [0, 0.05) is 11.5 Å². The lowest BCUT2D eigenvalue weighted by Crippen LogP contribution is -2.19. The Hall–Kier alpha value is -1.32. The minimum atomic E-state index is -0.122. The van der Waals surface area contributed by atoms with Gasteiger partial charge in [0.15, 0.2) is 0 Å². The summed E-state index contributed by atoms with van der Waals surface area (Å²) in [6, 6.07) is 1.67. The number of anilines is 1. The average molecular weight is 223 g/mol. The summed E-state index contributed by atoms with van der Waals surface area (Å²) in [5, 5.41) is 0. The fourth-order valence-electron chi connectivity index (χ4n) is 1.13. The number of hydrogen-bond donors (Lipinski definition) is 1. The molecule has 0 aliphatic carbocycles. The molecule has 0 saturated carbocycles. The van der Waals surface area contributed by atoms with Crippen LogP contribution in [0.3, 0.4) is 0 Å². The molecule has 0 fully saturated rings. The Labute approximate surface area is 97.2 Å². The Balaban J connectivity index is 2.99. The van der Waals surface area contributed by atoms with Crippen LogP contribution in [-0.4, -0.2) is 16.1 Å². The third-order valence-corrected chi connectivity index (χ3v) is 2.29. The van der Waals surface area contributed by atoms with Gasteiger partial charge in [-0.2, -0.15) is 4.98 Å². The second-order valence-electron chi connectivity index (χ2n) is 5.04. The maximum absolute atomic E-state index is 5.74. The van der Waals surface area contributed by atoms with E-state index < -0.39 is 0 Å². The van der Waals surface area contributed by atoms with Crippen LogP contribution >= 0.6 is 0 Å². The first kappa shape index (κ1) is 12.7. The number of rotatable bonds is 3. The van der Waals surface area contributed by atoms with Crippen molar-refractivity contribution in [3.8, 4) is 5.88 Å². The van der Waals surface area contributed by atoms with Crippen molar-refractivity contribution in [2.75, 3.05) is 5.73 Å². The summed E-state index contributed by atoms with van der Waals surface area (Å²) >= 11 is 0. The van der Waals surface area contributed by atoms with Crippen molar-refractivity contribution < 1.29 is 4.74 Å². The van der Waals surface area contributed by atoms with Crippen LogP contribution in [-0.2, 0) is 5.41 Å². The standard InChI is InChI=1S/C12H21N3O/c1-6-8(2)16-10-7-9(13)14-11(15-10)12(3,4)5/h7-8H,6H2,1-5H3,(H2,13,14,15). The lowest BCUT2D eigenvalue weighted by molar-refractivity contribution is 0.207. The molecule has 1 unspecified atom stereocenters. The Morgan fingerprint density at radius 1 is 1.38 bits per heavy atom. The third-order valence-electron chi connectivity index (χ3n) is 2.29. The number of hydrogen-bond acceptors (Lipinski definition) is 4. The van der Waals surface area contributed by atoms with Gasteiger partial charge in [0.25, 0.3) is 0 Å². The first-order valence-corrected chi connectivity index (χ1v) is 5.64. The first-order chi connectivity index (χ1) is 7.32. The monoisotopic (exact) mass is 223 g/mol. The zero-order chi connectivity index (χ0) is 12.3. The molecule has 0 bridgehead atoms. The molecule has 1 atom stereocenters. The van der Waals surface area contributed by atoms with Crippen molar-refractivity contribution in [1.82, 2.24) is 9.97 Å². The number of ether oxygens (including phenoxy) is 1. The highest BCUT2D eigenvalue weighted by Gasteiger charge is 2.19. The molecule has 0 aliphatic heterocycles. The summed E-state index contributed by atoms with van der Waals surface area (Å²) in [7, 11) is 0. The van der Waals surface area contributed by atoms with Crippen molar-refractivity contribution in [1.29, 1.82) is 0 Å². The van der Waals surface area contributed by atoms with E-state index in [2.05, 4.69) is 37.7 Å². The lowest BCUT2D eigenvalue weighted by atomic mass is 9.96. The zero-order valence-corrected chi connectivity index (χ0v) is 10.7. The number of nitrogens with zero attached hydrogens (tertiary/aromatic N) is 2. The number of nitrogen functional groups attached to an aromatic ring is 1. The van der Waals surface area contributed by atoms with E-state index in [0.717, 1.165) is 6.42 Å². The SMILES string of the molecule is CCC(C)Oc1cc(N)nc(C(C)(C)C)n1. The molecule has 1 aromatic rings. The number of aromatic nitrogens is 2. The fraction of sp³-hybridized carbons (Fsp3) is 0.667. The third kappa shape index (κ3) is 3.36. The highest BCUT2D eigenvalue weighted by atomic mass is 16.5. The fourth-order valence-corrected chi connectivity index (χ4v) is 1.13. The van der Waals surface area contributed by atoms with Gasteiger partial charge in [-0.1, -0.05) is 27.7 Å². The summed E-state index contributed by atoms with van der Waals surface area (Å²) < 4.78 is 5.65. The van der Waals surface area contributed by atoms with Crippen LogP contribution in [0.1, 0.15) is 46.9 Å². The summed E-state index contributed by atoms with van der Waals surface area (Å²) in [5.41, 5.74) is 5.62. The molecule has 2 N–H and O–H groups in total. The van der Waals surface area contributed by atoms with Crippen LogP contribution < -0.4 is 10.5 Å². The molecule has 0 radical (unpaired) electrons. The molecule has 16 heavy (non-hydrogen) atoms. The average Bonchev–Trinajstić information content (AvgIpc) is 2.15. The van der Waals surface area contributed by atoms with Gasteiger partial charge in [0.1, 0.15) is 11.6 Å². The Morgan fingerprint density at radius 3 is 2.50 bits per heavy atom. The molecule has 1 rings (SSSR count). The first-order valence-electron chi connectivity index (χ1n) is 5.64. The second-order valence-corrected chi connectivity index (χ2v) is 5.04. The van der Waals surface area contributed by atoms with Gasteiger partial charge in [0.05, 0.1) is 6.10 Å². The van der Waals surface area contributed by atoms with Crippen molar-refractivity contribution >= 4 is 5.82 Å². The van der Waals surface area contributed by atoms with E-state index in [4.69, 9.17) is 10.5 Å². The Morgan fingerprint density at radius 2 is 2.00 bits per heavy atom. The summed E-state index contributed by atoms with van der Waals surface area (Å²) in [6.45, 7) is 10.2. The van der Waals surface area contributed by atoms with Gasteiger partial charge < -0.3 is 10.5 Å². The van der Waals surface area contributed by atoms with Gasteiger partial charge in [-0.3, -0.25) is 0 Å². The van der Waals surface area contributed by atoms with Crippen molar-refractivity contribution in [2.45, 2.75) is 52.6 Å². The highest BCUT2D eigenvalue weighted by Crippen LogP contribution is 2.22. The maximum atomic E-state index is 5.74. The zero-order valence-electron chi connectivity index (χ0n) is 10.7. The van der Waals surface area contributed by atoms with Gasteiger partial charge in [-0.05, 0) is 13.3 Å². The molecule has 0 aliphatic rings. The van der Waals surface area contributed by atoms with Crippen LogP contribution in [0.15, 0.2) is 6.07 Å². The van der Waals surface area contributed by atoms with Crippen LogP contribution in [0.4, 0.5) is 5.82 Å². The van der Waals surface area contributed by atoms with Crippen LogP contribution in [0.5, 0.6) is 5.88 Å². The summed E-state index contributed by atoms with van der Waals surface area (Å²) in [4.78, 5) is 8.60. The van der Waals surface area contributed by atoms with Gasteiger partial charge in [-0.25, -0.2) is 4.98 Å². The molecular formula is C12H21N3O. The van der Waals surface area contributed by atoms with E-state index in [1.807, 2.05) is 6.92 Å². The van der Waals surface area contributed by atoms with E-state index in [1.54, 1.807) is 6.07 Å². The molecule has 4 nitrogen and oxygen atoms in total. The summed E-state index contributed by atoms with van der Waals surface area (Å²) in [5.74, 6) is 1.73. The van der Waals surface area contributed by atoms with Crippen molar-refractivity contribution in [3.05, 3.63) is 11.9 Å². The van der Waals surface area contributed by atoms with Crippen molar-refractivity contribution in [2.24, 2.45) is 0 Å². The smallest absolute Gasteiger partial charge is 0.219 e. The van der Waals surface area contributed by atoms with E-state index >= 15 is 0 Å². The van der Waals surface area contributed by atoms with E-state index in [1.165, 1.54) is 0 Å². The molecular weight excluding hydrogens is 202 g/mol. The minimum Gasteiger partial charge on any atom is -0.475 e. The van der Waals surface area contributed by atoms with Crippen LogP contribution in [0.2, 0.25) is 0 Å². The Kier molecular flexibility index (Phi) is 3.73. The molecule has 90 valence electrons. The topological polar surface area (TPSA) is 61.0 Å². The van der Waals surface area contributed by atoms with E-state index in [-0.39, 0.29) is 11.5 Å². The molecule has 1 heterocycles. The van der Waals surface area contributed by atoms with Crippen molar-refractivity contribution in [3.63, 3.8) is 0 Å². The molecule has 0 saturated heterocycles. The highest BCUT2D eigenvalue weighted by molar-refractivity contribution is 5.34. The normalized spacial score (nSPS) is 13.6.